The lowest BCUT2D eigenvalue weighted by Gasteiger charge is -2.31. The minimum absolute atomic E-state index is 1.29. The quantitative estimate of drug-likeness (QED) is 0.270. The number of aromatic nitrogens is 1. The van der Waals surface area contributed by atoms with Crippen molar-refractivity contribution in [3.63, 3.8) is 0 Å². The molecule has 0 spiro atoms. The SMILES string of the molecule is Cn1c2cc3ccccc3cc2c2ccc3c(c21)-c1ccccc1[Si]3(c1ccccc1)c1ccccc1. The Labute approximate surface area is 217 Å². The molecule has 0 saturated heterocycles. The van der Waals surface area contributed by atoms with Crippen molar-refractivity contribution >= 4 is 61.4 Å². The molecule has 2 heteroatoms. The van der Waals surface area contributed by atoms with Gasteiger partial charge in [-0.1, -0.05) is 121 Å². The second kappa shape index (κ2) is 7.55. The van der Waals surface area contributed by atoms with Crippen LogP contribution in [0.3, 0.4) is 0 Å². The second-order valence-electron chi connectivity index (χ2n) is 10.2. The van der Waals surface area contributed by atoms with Crippen LogP contribution in [-0.2, 0) is 7.05 Å². The van der Waals surface area contributed by atoms with Gasteiger partial charge in [0, 0.05) is 28.9 Å². The number of hydrogen-bond acceptors (Lipinski definition) is 0. The van der Waals surface area contributed by atoms with Gasteiger partial charge in [-0.2, -0.15) is 0 Å². The van der Waals surface area contributed by atoms with Crippen LogP contribution in [0.4, 0.5) is 0 Å². The highest BCUT2D eigenvalue weighted by molar-refractivity contribution is 7.22. The van der Waals surface area contributed by atoms with Crippen molar-refractivity contribution < 1.29 is 0 Å². The first kappa shape index (κ1) is 20.8. The monoisotopic (exact) mass is 487 g/mol. The molecule has 0 N–H and O–H groups in total. The normalized spacial score (nSPS) is 13.8. The van der Waals surface area contributed by atoms with Gasteiger partial charge >= 0.3 is 0 Å². The van der Waals surface area contributed by atoms with Crippen LogP contribution in [0.15, 0.2) is 133 Å². The number of benzene rings is 6. The van der Waals surface area contributed by atoms with E-state index >= 15 is 0 Å². The van der Waals surface area contributed by atoms with Gasteiger partial charge in [-0.3, -0.25) is 0 Å². The molecule has 0 fully saturated rings. The molecule has 0 saturated carbocycles. The van der Waals surface area contributed by atoms with Crippen molar-refractivity contribution in [2.24, 2.45) is 7.05 Å². The Balaban J connectivity index is 1.59. The molecule has 1 nitrogen and oxygen atoms in total. The molecule has 0 unspecified atom stereocenters. The van der Waals surface area contributed by atoms with E-state index in [-0.39, 0.29) is 0 Å². The molecule has 0 bridgehead atoms. The van der Waals surface area contributed by atoms with Gasteiger partial charge < -0.3 is 4.57 Å². The number of rotatable bonds is 2. The van der Waals surface area contributed by atoms with Crippen molar-refractivity contribution in [2.45, 2.75) is 0 Å². The maximum Gasteiger partial charge on any atom is 0.180 e. The maximum atomic E-state index is 2.46. The van der Waals surface area contributed by atoms with Crippen molar-refractivity contribution in [3.05, 3.63) is 133 Å². The molecule has 8 rings (SSSR count). The third kappa shape index (κ3) is 2.63. The fraction of sp³-hybridized carbons (Fsp3) is 0.0286. The Hall–Kier alpha value is -4.40. The highest BCUT2D eigenvalue weighted by atomic mass is 28.3. The summed E-state index contributed by atoms with van der Waals surface area (Å²) in [5, 5.41) is 11.1. The summed E-state index contributed by atoms with van der Waals surface area (Å²) in [5.74, 6) is 0. The lowest BCUT2D eigenvalue weighted by Crippen LogP contribution is -2.72. The molecule has 37 heavy (non-hydrogen) atoms. The van der Waals surface area contributed by atoms with E-state index in [9.17, 15) is 0 Å². The Bertz CT molecular complexity index is 1940. The molecule has 1 aliphatic heterocycles. The van der Waals surface area contributed by atoms with E-state index in [2.05, 4.69) is 145 Å². The molecule has 1 aromatic heterocycles. The summed E-state index contributed by atoms with van der Waals surface area (Å²) in [6.07, 6.45) is 0. The lowest BCUT2D eigenvalue weighted by molar-refractivity contribution is 1.02. The van der Waals surface area contributed by atoms with Crippen molar-refractivity contribution in [3.8, 4) is 11.1 Å². The summed E-state index contributed by atoms with van der Waals surface area (Å²) in [5.41, 5.74) is 5.43. The standard InChI is InChI=1S/C35H25NSi/c1-36-31-23-25-13-9-8-12-24(25)22-30(31)28-20-21-33-34(35(28)36)29-18-10-11-19-32(29)37(33,26-14-4-2-5-15-26)27-16-6-3-7-17-27/h2-23H,1H3. The molecule has 174 valence electrons. The van der Waals surface area contributed by atoms with Crippen LogP contribution in [0.25, 0.3) is 43.7 Å². The summed E-state index contributed by atoms with van der Waals surface area (Å²) in [6, 6.07) is 49.9. The number of aryl methyl sites for hydroxylation is 1. The number of nitrogens with zero attached hydrogens (tertiary/aromatic N) is 1. The minimum atomic E-state index is -2.48. The summed E-state index contributed by atoms with van der Waals surface area (Å²) in [6.45, 7) is 0. The van der Waals surface area contributed by atoms with Crippen LogP contribution < -0.4 is 20.7 Å². The van der Waals surface area contributed by atoms with Gasteiger partial charge in [0.25, 0.3) is 0 Å². The molecule has 0 atom stereocenters. The third-order valence-electron chi connectivity index (χ3n) is 8.45. The van der Waals surface area contributed by atoms with E-state index in [1.54, 1.807) is 0 Å². The summed E-state index contributed by atoms with van der Waals surface area (Å²) >= 11 is 0. The number of fused-ring (bicyclic) bond motifs is 8. The Morgan fingerprint density at radius 3 is 1.81 bits per heavy atom. The molecule has 0 aliphatic carbocycles. The van der Waals surface area contributed by atoms with Gasteiger partial charge in [-0.05, 0) is 49.2 Å². The Kier molecular flexibility index (Phi) is 4.23. The minimum Gasteiger partial charge on any atom is -0.343 e. The lowest BCUT2D eigenvalue weighted by atomic mass is 10.0. The maximum absolute atomic E-state index is 2.48. The first-order valence-electron chi connectivity index (χ1n) is 12.9. The zero-order chi connectivity index (χ0) is 24.6. The van der Waals surface area contributed by atoms with E-state index in [4.69, 9.17) is 0 Å². The Morgan fingerprint density at radius 2 is 1.11 bits per heavy atom. The van der Waals surface area contributed by atoms with Crippen LogP contribution in [-0.4, -0.2) is 12.6 Å². The molecule has 2 heterocycles. The zero-order valence-corrected chi connectivity index (χ0v) is 21.6. The molecule has 7 aromatic rings. The summed E-state index contributed by atoms with van der Waals surface area (Å²) < 4.78 is 2.44. The van der Waals surface area contributed by atoms with Crippen molar-refractivity contribution in [1.82, 2.24) is 4.57 Å². The van der Waals surface area contributed by atoms with Crippen LogP contribution in [0.1, 0.15) is 0 Å². The van der Waals surface area contributed by atoms with E-state index < -0.39 is 8.07 Å². The van der Waals surface area contributed by atoms with Gasteiger partial charge in [0.2, 0.25) is 0 Å². The smallest absolute Gasteiger partial charge is 0.180 e. The largest absolute Gasteiger partial charge is 0.343 e. The predicted octanol–water partition coefficient (Wildman–Crippen LogP) is 5.84. The summed E-state index contributed by atoms with van der Waals surface area (Å²) in [4.78, 5) is 0. The molecule has 6 aromatic carbocycles. The highest BCUT2D eigenvalue weighted by Gasteiger charge is 2.49. The van der Waals surface area contributed by atoms with Crippen molar-refractivity contribution in [2.75, 3.05) is 0 Å². The average molecular weight is 488 g/mol. The topological polar surface area (TPSA) is 4.93 Å². The molecule has 1 aliphatic rings. The third-order valence-corrected chi connectivity index (χ3v) is 13.3. The Morgan fingerprint density at radius 1 is 0.514 bits per heavy atom. The van der Waals surface area contributed by atoms with Gasteiger partial charge in [0.1, 0.15) is 0 Å². The van der Waals surface area contributed by atoms with Gasteiger partial charge in [0.15, 0.2) is 8.07 Å². The van der Waals surface area contributed by atoms with Crippen LogP contribution >= 0.6 is 0 Å². The van der Waals surface area contributed by atoms with Crippen LogP contribution in [0, 0.1) is 0 Å². The van der Waals surface area contributed by atoms with E-state index in [1.165, 1.54) is 64.5 Å². The fourth-order valence-electron chi connectivity index (χ4n) is 6.92. The number of hydrogen-bond donors (Lipinski definition) is 0. The summed E-state index contributed by atoms with van der Waals surface area (Å²) in [7, 11) is -0.231. The van der Waals surface area contributed by atoms with Gasteiger partial charge in [-0.15, -0.1) is 0 Å². The fourth-order valence-corrected chi connectivity index (χ4v) is 12.1. The average Bonchev–Trinajstić information content (AvgIpc) is 3.42. The molecule has 0 radical (unpaired) electrons. The second-order valence-corrected chi connectivity index (χ2v) is 13.9. The van der Waals surface area contributed by atoms with Crippen LogP contribution in [0.5, 0.6) is 0 Å². The first-order valence-corrected chi connectivity index (χ1v) is 14.9. The molecular formula is C35H25NSi. The molecular weight excluding hydrogens is 462 g/mol. The molecule has 0 amide bonds. The predicted molar refractivity (Wildman–Crippen MR) is 161 cm³/mol. The van der Waals surface area contributed by atoms with E-state index in [1.807, 2.05) is 0 Å². The van der Waals surface area contributed by atoms with Gasteiger partial charge in [-0.25, -0.2) is 0 Å². The van der Waals surface area contributed by atoms with E-state index in [0.717, 1.165) is 0 Å². The first-order chi connectivity index (χ1) is 18.3. The van der Waals surface area contributed by atoms with Crippen LogP contribution in [0.2, 0.25) is 0 Å². The van der Waals surface area contributed by atoms with Gasteiger partial charge in [0.05, 0.1) is 5.52 Å². The van der Waals surface area contributed by atoms with Crippen molar-refractivity contribution in [1.29, 1.82) is 0 Å². The van der Waals surface area contributed by atoms with E-state index in [0.29, 0.717) is 0 Å². The highest BCUT2D eigenvalue weighted by Crippen LogP contribution is 2.39. The zero-order valence-electron chi connectivity index (χ0n) is 20.6.